The van der Waals surface area contributed by atoms with Crippen molar-refractivity contribution >= 4 is 10.3 Å². The number of aliphatic hydroxyl groups is 1. The van der Waals surface area contributed by atoms with E-state index in [1.54, 1.807) is 0 Å². The van der Waals surface area contributed by atoms with Crippen molar-refractivity contribution in [1.29, 1.82) is 0 Å². The molecule has 1 N–H and O–H groups in total. The highest BCUT2D eigenvalue weighted by atomic mass is 32.3. The average molecular weight is 582 g/mol. The Balaban J connectivity index is 0.00000216. The molecule has 226 valence electrons. The van der Waals surface area contributed by atoms with Crippen LogP contribution in [0.2, 0.25) is 0 Å². The summed E-state index contributed by atoms with van der Waals surface area (Å²) in [7, 11) is -1.43. The van der Waals surface area contributed by atoms with Gasteiger partial charge < -0.3 is 9.29 Å². The lowest BCUT2D eigenvalue weighted by Crippen LogP contribution is -2.35. The zero-order valence-electron chi connectivity index (χ0n) is 26.1. The molecule has 0 bridgehead atoms. The molecule has 2 unspecified atom stereocenters. The smallest absolute Gasteiger partial charge is 0.384 e. The molecule has 2 atom stereocenters. The predicted molar refractivity (Wildman–Crippen MR) is 162 cm³/mol. The summed E-state index contributed by atoms with van der Waals surface area (Å²) in [5.41, 5.74) is 4.57. The maximum absolute atomic E-state index is 13.2. The third kappa shape index (κ3) is 6.57. The van der Waals surface area contributed by atoms with Crippen LogP contribution in [0.25, 0.3) is 0 Å². The summed E-state index contributed by atoms with van der Waals surface area (Å²) >= 11 is 0. The highest BCUT2D eigenvalue weighted by molar-refractivity contribution is 8.29. The molecule has 0 radical (unpaired) electrons. The Bertz CT molecular complexity index is 1160. The molecule has 7 heteroatoms. The molecular formula is C33H50F3NO2S. The van der Waals surface area contributed by atoms with Crippen LogP contribution in [0.4, 0.5) is 13.2 Å². The second-order valence-electron chi connectivity index (χ2n) is 13.1. The van der Waals surface area contributed by atoms with E-state index in [9.17, 15) is 18.3 Å². The average Bonchev–Trinajstić information content (AvgIpc) is 3.30. The van der Waals surface area contributed by atoms with Crippen LogP contribution in [0, 0.1) is 12.3 Å². The van der Waals surface area contributed by atoms with Gasteiger partial charge in [-0.15, -0.1) is 10.3 Å². The molecule has 1 spiro atoms. The molecular weight excluding hydrogens is 531 g/mol. The number of alkyl halides is 3. The van der Waals surface area contributed by atoms with E-state index in [2.05, 4.69) is 47.1 Å². The summed E-state index contributed by atoms with van der Waals surface area (Å²) in [6.07, 6.45) is 5.56. The summed E-state index contributed by atoms with van der Waals surface area (Å²) in [6, 6.07) is 4.84. The molecule has 4 rings (SSSR count). The van der Waals surface area contributed by atoms with Crippen LogP contribution in [0.3, 0.4) is 0 Å². The molecule has 1 aromatic heterocycles. The Hall–Kier alpha value is -1.57. The van der Waals surface area contributed by atoms with Crippen LogP contribution in [0.15, 0.2) is 24.3 Å². The number of nitrogens with zero attached hydrogens (tertiary/aromatic N) is 1. The van der Waals surface area contributed by atoms with E-state index in [4.69, 9.17) is 9.17 Å². The van der Waals surface area contributed by atoms with Crippen molar-refractivity contribution in [2.45, 2.75) is 123 Å². The monoisotopic (exact) mass is 581 g/mol. The quantitative estimate of drug-likeness (QED) is 0.382. The Morgan fingerprint density at radius 3 is 2.05 bits per heavy atom. The van der Waals surface area contributed by atoms with Gasteiger partial charge >= 0.3 is 6.18 Å². The predicted octanol–water partition coefficient (Wildman–Crippen LogP) is 9.98. The molecule has 2 aliphatic carbocycles. The molecule has 1 fully saturated rings. The minimum absolute atomic E-state index is 0.00473. The lowest BCUT2D eigenvalue weighted by Gasteiger charge is -2.49. The maximum Gasteiger partial charge on any atom is 0.416 e. The van der Waals surface area contributed by atoms with Gasteiger partial charge in [-0.2, -0.15) is 13.2 Å². The molecule has 1 saturated carbocycles. The number of hydrogen-bond donors (Lipinski definition) is 1. The highest BCUT2D eigenvalue weighted by Gasteiger charge is 2.46. The first-order chi connectivity index (χ1) is 18.5. The van der Waals surface area contributed by atoms with Gasteiger partial charge in [-0.3, -0.25) is 4.98 Å². The molecule has 2 aliphatic rings. The lowest BCUT2D eigenvalue weighted by molar-refractivity contribution is -0.137. The third-order valence-electron chi connectivity index (χ3n) is 9.00. The Morgan fingerprint density at radius 2 is 1.57 bits per heavy atom. The first-order valence-electron chi connectivity index (χ1n) is 14.8. The van der Waals surface area contributed by atoms with E-state index < -0.39 is 28.2 Å². The van der Waals surface area contributed by atoms with E-state index in [1.807, 2.05) is 20.8 Å². The molecule has 3 nitrogen and oxygen atoms in total. The Kier molecular flexibility index (Phi) is 9.85. The molecule has 0 amide bonds. The molecule has 0 saturated heterocycles. The van der Waals surface area contributed by atoms with Gasteiger partial charge in [0.2, 0.25) is 0 Å². The minimum Gasteiger partial charge on any atom is -0.384 e. The Morgan fingerprint density at radius 1 is 1.02 bits per heavy atom. The van der Waals surface area contributed by atoms with Crippen molar-refractivity contribution < 1.29 is 22.5 Å². The van der Waals surface area contributed by atoms with Crippen LogP contribution in [0.1, 0.15) is 138 Å². The van der Waals surface area contributed by atoms with Crippen LogP contribution in [0.5, 0.6) is 0 Å². The van der Waals surface area contributed by atoms with Gasteiger partial charge in [-0.05, 0) is 79.7 Å². The van der Waals surface area contributed by atoms with Crippen molar-refractivity contribution in [3.8, 4) is 0 Å². The maximum atomic E-state index is 13.2. The van der Waals surface area contributed by atoms with Crippen LogP contribution >= 0.6 is 10.3 Å². The number of aromatic nitrogens is 1. The van der Waals surface area contributed by atoms with Crippen LogP contribution in [-0.4, -0.2) is 27.3 Å². The van der Waals surface area contributed by atoms with Crippen molar-refractivity contribution in [3.63, 3.8) is 0 Å². The van der Waals surface area contributed by atoms with Crippen molar-refractivity contribution in [3.05, 3.63) is 63.5 Å². The Labute approximate surface area is 241 Å². The van der Waals surface area contributed by atoms with Gasteiger partial charge in [0.05, 0.1) is 11.7 Å². The fourth-order valence-corrected chi connectivity index (χ4v) is 7.17. The van der Waals surface area contributed by atoms with Gasteiger partial charge in [0.25, 0.3) is 0 Å². The molecule has 40 heavy (non-hydrogen) atoms. The first kappa shape index (κ1) is 32.9. The summed E-state index contributed by atoms with van der Waals surface area (Å²) in [5.74, 6) is 0.0514. The van der Waals surface area contributed by atoms with Crippen LogP contribution in [-0.2, 0) is 16.8 Å². The van der Waals surface area contributed by atoms with Crippen molar-refractivity contribution in [2.75, 3.05) is 12.5 Å². The SMILES string of the molecule is CC.Cc1c2c(nc(C(C)C)c1C(O)c1ccc(C(F)(F)F)cc1)CC1(CCCC1)CC2OS(C)(C)C(C)(C)C. The van der Waals surface area contributed by atoms with Gasteiger partial charge in [0.15, 0.2) is 0 Å². The fourth-order valence-electron chi connectivity index (χ4n) is 6.13. The zero-order valence-corrected chi connectivity index (χ0v) is 26.9. The minimum atomic E-state index is -4.42. The highest BCUT2D eigenvalue weighted by Crippen LogP contribution is 2.61. The van der Waals surface area contributed by atoms with E-state index in [0.717, 1.165) is 47.5 Å². The number of fused-ring (bicyclic) bond motifs is 1. The lowest BCUT2D eigenvalue weighted by atomic mass is 9.69. The standard InChI is InChI=1S/C31H44F3NO2S.C2H6/c1-19(2)27-26(28(36)21-11-13-22(14-12-21)31(32,33)34)20(3)25-23(35-27)17-30(15-9-10-16-30)18-24(25)37-38(7,8)29(4,5)6;1-2/h11-14,19,24,28,36H,9-10,15-18H2,1-8H3;1-2H3. The van der Waals surface area contributed by atoms with Crippen molar-refractivity contribution in [2.24, 2.45) is 5.41 Å². The van der Waals surface area contributed by atoms with Gasteiger partial charge in [0.1, 0.15) is 6.10 Å². The summed E-state index contributed by atoms with van der Waals surface area (Å²) in [5, 5.41) is 11.6. The molecule has 1 heterocycles. The summed E-state index contributed by atoms with van der Waals surface area (Å²) < 4.78 is 46.6. The fraction of sp³-hybridized carbons (Fsp3) is 0.667. The summed E-state index contributed by atoms with van der Waals surface area (Å²) in [6.45, 7) is 16.8. The second kappa shape index (κ2) is 12.0. The number of rotatable bonds is 5. The van der Waals surface area contributed by atoms with E-state index >= 15 is 0 Å². The number of aliphatic hydroxyl groups excluding tert-OH is 1. The number of hydrogen-bond acceptors (Lipinski definition) is 3. The van der Waals surface area contributed by atoms with Crippen molar-refractivity contribution in [1.82, 2.24) is 4.98 Å². The topological polar surface area (TPSA) is 42.4 Å². The largest absolute Gasteiger partial charge is 0.416 e. The number of pyridine rings is 1. The second-order valence-corrected chi connectivity index (χ2v) is 17.0. The van der Waals surface area contributed by atoms with Gasteiger partial charge in [0, 0.05) is 27.3 Å². The van der Waals surface area contributed by atoms with E-state index in [0.29, 0.717) is 11.1 Å². The van der Waals surface area contributed by atoms with Crippen LogP contribution < -0.4 is 0 Å². The molecule has 1 aromatic carbocycles. The number of halogens is 3. The molecule has 0 aliphatic heterocycles. The third-order valence-corrected chi connectivity index (χ3v) is 12.7. The van der Waals surface area contributed by atoms with E-state index in [-0.39, 0.29) is 22.2 Å². The molecule has 2 aromatic rings. The normalized spacial score (nSPS) is 20.2. The zero-order chi connectivity index (χ0) is 30.3. The number of benzene rings is 1. The summed E-state index contributed by atoms with van der Waals surface area (Å²) in [4.78, 5) is 5.23. The first-order valence-corrected chi connectivity index (χ1v) is 17.1. The van der Waals surface area contributed by atoms with E-state index in [1.165, 1.54) is 37.8 Å². The van der Waals surface area contributed by atoms with Gasteiger partial charge in [-0.25, -0.2) is 0 Å². The van der Waals surface area contributed by atoms with Gasteiger partial charge in [-0.1, -0.05) is 73.4 Å².